The first kappa shape index (κ1) is 28.2. The third-order valence-corrected chi connectivity index (χ3v) is 6.54. The van der Waals surface area contributed by atoms with E-state index in [2.05, 4.69) is 4.98 Å². The minimum Gasteiger partial charge on any atom is -0.443 e. The van der Waals surface area contributed by atoms with Gasteiger partial charge in [0.25, 0.3) is 5.91 Å². The summed E-state index contributed by atoms with van der Waals surface area (Å²) in [6, 6.07) is 11.8. The summed E-state index contributed by atoms with van der Waals surface area (Å²) in [5.41, 5.74) is 1.87. The fourth-order valence-electron chi connectivity index (χ4n) is 3.60. The van der Waals surface area contributed by atoms with Crippen molar-refractivity contribution < 1.29 is 22.7 Å². The molecule has 0 aliphatic heterocycles. The van der Waals surface area contributed by atoms with Crippen LogP contribution in [0.4, 0.5) is 16.2 Å². The Hall–Kier alpha value is -3.37. The van der Waals surface area contributed by atoms with Gasteiger partial charge in [0.1, 0.15) is 17.1 Å². The Kier molecular flexibility index (Phi) is 8.65. The number of hydrogen-bond donors (Lipinski definition) is 1. The topological polar surface area (TPSA) is 102 Å². The minimum atomic E-state index is -3.22. The van der Waals surface area contributed by atoms with Gasteiger partial charge in [-0.1, -0.05) is 35.4 Å². The molecule has 1 heterocycles. The Labute approximate surface area is 223 Å². The predicted molar refractivity (Wildman–Crippen MR) is 145 cm³/mol. The van der Waals surface area contributed by atoms with Gasteiger partial charge in [0.05, 0.1) is 12.2 Å². The molecule has 0 aliphatic carbocycles. The number of benzene rings is 2. The lowest BCUT2D eigenvalue weighted by Gasteiger charge is -2.27. The van der Waals surface area contributed by atoms with Gasteiger partial charge < -0.3 is 9.30 Å². The van der Waals surface area contributed by atoms with E-state index in [1.165, 1.54) is 11.1 Å². The standard InChI is InChI=1S/C26H31ClN4O5S/c1-7-30(25(33)36-26(4,5)6)21-13-10-19(22(27)14-21)15-29-16-23(28-18(29)3)24(32)31(37(34)35)20-11-8-17(2)9-12-20/h8-14,16,37H,7,15H2,1-6H3. The number of halogens is 1. The molecule has 0 bridgehead atoms. The molecule has 2 aromatic carbocycles. The zero-order valence-corrected chi connectivity index (χ0v) is 23.3. The van der Waals surface area contributed by atoms with Crippen molar-refractivity contribution in [2.24, 2.45) is 0 Å². The third kappa shape index (κ3) is 6.90. The number of imidazole rings is 1. The maximum absolute atomic E-state index is 13.1. The van der Waals surface area contributed by atoms with Crippen molar-refractivity contribution in [1.82, 2.24) is 9.55 Å². The first-order chi connectivity index (χ1) is 17.3. The number of anilines is 2. The number of carbonyl (C=O) groups excluding carboxylic acids is 2. The van der Waals surface area contributed by atoms with Crippen molar-refractivity contribution in [3.63, 3.8) is 0 Å². The van der Waals surface area contributed by atoms with E-state index in [1.54, 1.807) is 74.7 Å². The van der Waals surface area contributed by atoms with Gasteiger partial charge >= 0.3 is 6.09 Å². The Morgan fingerprint density at radius 2 is 1.68 bits per heavy atom. The number of aromatic nitrogens is 2. The molecule has 3 aromatic rings. The summed E-state index contributed by atoms with van der Waals surface area (Å²) in [6.45, 7) is 11.5. The van der Waals surface area contributed by atoms with Crippen molar-refractivity contribution >= 4 is 45.9 Å². The first-order valence-electron chi connectivity index (χ1n) is 11.7. The molecule has 0 radical (unpaired) electrons. The van der Waals surface area contributed by atoms with Crippen LogP contribution in [0.25, 0.3) is 0 Å². The average molecular weight is 547 g/mol. The van der Waals surface area contributed by atoms with E-state index in [1.807, 2.05) is 13.8 Å². The molecular weight excluding hydrogens is 516 g/mol. The molecule has 0 fully saturated rings. The zero-order chi connectivity index (χ0) is 27.5. The molecule has 9 nitrogen and oxygen atoms in total. The molecule has 0 spiro atoms. The molecule has 0 saturated heterocycles. The lowest BCUT2D eigenvalue weighted by molar-refractivity contribution is 0.0582. The van der Waals surface area contributed by atoms with E-state index in [9.17, 15) is 18.0 Å². The predicted octanol–water partition coefficient (Wildman–Crippen LogP) is 5.14. The van der Waals surface area contributed by atoms with Crippen molar-refractivity contribution in [2.75, 3.05) is 15.7 Å². The van der Waals surface area contributed by atoms with Crippen molar-refractivity contribution in [1.29, 1.82) is 0 Å². The number of aryl methyl sites for hydroxylation is 2. The summed E-state index contributed by atoms with van der Waals surface area (Å²) >= 11 is 6.56. The smallest absolute Gasteiger partial charge is 0.414 e. The molecule has 11 heteroatoms. The Balaban J connectivity index is 1.84. The van der Waals surface area contributed by atoms with E-state index in [0.29, 0.717) is 27.4 Å². The lowest BCUT2D eigenvalue weighted by Crippen LogP contribution is -2.36. The van der Waals surface area contributed by atoms with Crippen LogP contribution >= 0.6 is 11.6 Å². The molecule has 0 unspecified atom stereocenters. The average Bonchev–Trinajstić information content (AvgIpc) is 3.16. The second-order valence-electron chi connectivity index (χ2n) is 9.49. The molecule has 37 heavy (non-hydrogen) atoms. The maximum Gasteiger partial charge on any atom is 0.414 e. The van der Waals surface area contributed by atoms with Crippen LogP contribution in [0.2, 0.25) is 5.02 Å². The van der Waals surface area contributed by atoms with Crippen molar-refractivity contribution in [3.05, 3.63) is 76.3 Å². The van der Waals surface area contributed by atoms with Gasteiger partial charge in [-0.25, -0.2) is 22.5 Å². The summed E-state index contributed by atoms with van der Waals surface area (Å²) in [6.07, 6.45) is 1.03. The number of nitrogens with zero attached hydrogens (tertiary/aromatic N) is 4. The zero-order valence-electron chi connectivity index (χ0n) is 21.7. The van der Waals surface area contributed by atoms with Crippen molar-refractivity contribution in [3.8, 4) is 0 Å². The van der Waals surface area contributed by atoms with Crippen LogP contribution in [0.1, 0.15) is 55.1 Å². The number of amides is 2. The number of ether oxygens (including phenoxy) is 1. The van der Waals surface area contributed by atoms with Gasteiger partial charge in [-0.3, -0.25) is 9.69 Å². The highest BCUT2D eigenvalue weighted by Gasteiger charge is 2.25. The molecule has 0 atom stereocenters. The van der Waals surface area contributed by atoms with Gasteiger partial charge in [-0.05, 0) is 71.4 Å². The van der Waals surface area contributed by atoms with Gasteiger partial charge in [0.15, 0.2) is 0 Å². The summed E-state index contributed by atoms with van der Waals surface area (Å²) < 4.78 is 31.7. The van der Waals surface area contributed by atoms with E-state index < -0.39 is 28.5 Å². The normalized spacial score (nSPS) is 11.5. The van der Waals surface area contributed by atoms with Crippen LogP contribution in [-0.4, -0.2) is 42.1 Å². The molecule has 0 N–H and O–H groups in total. The van der Waals surface area contributed by atoms with E-state index in [-0.39, 0.29) is 17.9 Å². The van der Waals surface area contributed by atoms with Crippen LogP contribution in [0.3, 0.4) is 0 Å². The van der Waals surface area contributed by atoms with Crippen LogP contribution < -0.4 is 9.21 Å². The Morgan fingerprint density at radius 1 is 1.05 bits per heavy atom. The Bertz CT molecular complexity index is 1370. The molecule has 0 saturated carbocycles. The monoisotopic (exact) mass is 546 g/mol. The highest BCUT2D eigenvalue weighted by molar-refractivity contribution is 7.75. The number of hydrogen-bond acceptors (Lipinski definition) is 6. The van der Waals surface area contributed by atoms with Gasteiger partial charge in [0, 0.05) is 23.5 Å². The first-order valence-corrected chi connectivity index (χ1v) is 13.2. The fourth-order valence-corrected chi connectivity index (χ4v) is 4.41. The third-order valence-electron chi connectivity index (χ3n) is 5.45. The highest BCUT2D eigenvalue weighted by atomic mass is 35.5. The highest BCUT2D eigenvalue weighted by Crippen LogP contribution is 2.27. The molecule has 198 valence electrons. The second kappa shape index (κ2) is 11.4. The van der Waals surface area contributed by atoms with E-state index in [4.69, 9.17) is 16.3 Å². The summed E-state index contributed by atoms with van der Waals surface area (Å²) in [5, 5.41) is 0.421. The summed E-state index contributed by atoms with van der Waals surface area (Å²) in [4.78, 5) is 31.4. The SMILES string of the molecule is CCN(C(=O)OC(C)(C)C)c1ccc(Cn2cc(C(=O)N(c3ccc(C)cc3)[SH](=O)=O)nc2C)c(Cl)c1. The van der Waals surface area contributed by atoms with Gasteiger partial charge in [-0.2, -0.15) is 0 Å². The molecule has 0 aliphatic rings. The Morgan fingerprint density at radius 3 is 2.22 bits per heavy atom. The fraction of sp³-hybridized carbons (Fsp3) is 0.346. The van der Waals surface area contributed by atoms with Crippen LogP contribution in [0.15, 0.2) is 48.7 Å². The van der Waals surface area contributed by atoms with Crippen LogP contribution in [-0.2, 0) is 22.2 Å². The van der Waals surface area contributed by atoms with Crippen molar-refractivity contribution in [2.45, 2.75) is 53.7 Å². The quantitative estimate of drug-likeness (QED) is 0.412. The summed E-state index contributed by atoms with van der Waals surface area (Å²) in [5.74, 6) is -0.239. The van der Waals surface area contributed by atoms with Gasteiger partial charge in [-0.15, -0.1) is 0 Å². The second-order valence-corrected chi connectivity index (χ2v) is 10.8. The molecule has 1 aromatic heterocycles. The van der Waals surface area contributed by atoms with Crippen LogP contribution in [0, 0.1) is 13.8 Å². The number of thiol groups is 1. The van der Waals surface area contributed by atoms with Gasteiger partial charge in [0.2, 0.25) is 10.9 Å². The molecule has 3 rings (SSSR count). The largest absolute Gasteiger partial charge is 0.443 e. The number of rotatable bonds is 7. The molecular formula is C26H31ClN4O5S. The maximum atomic E-state index is 13.1. The minimum absolute atomic E-state index is 0.00731. The lowest BCUT2D eigenvalue weighted by atomic mass is 10.2. The van der Waals surface area contributed by atoms with Crippen LogP contribution in [0.5, 0.6) is 0 Å². The van der Waals surface area contributed by atoms with E-state index in [0.717, 1.165) is 11.1 Å². The van der Waals surface area contributed by atoms with E-state index >= 15 is 0 Å². The molecule has 2 amide bonds. The number of carbonyl (C=O) groups is 2. The summed E-state index contributed by atoms with van der Waals surface area (Å²) in [7, 11) is -3.22.